The summed E-state index contributed by atoms with van der Waals surface area (Å²) in [5, 5.41) is 0. The van der Waals surface area contributed by atoms with Gasteiger partial charge in [0, 0.05) is 12.1 Å². The van der Waals surface area contributed by atoms with E-state index in [0.29, 0.717) is 0 Å². The first-order valence-corrected chi connectivity index (χ1v) is 3.29. The minimum absolute atomic E-state index is 0.115. The number of ether oxygens (including phenoxy) is 1. The van der Waals surface area contributed by atoms with Crippen molar-refractivity contribution >= 4 is 0 Å². The minimum Gasteiger partial charge on any atom is -0.496 e. The van der Waals surface area contributed by atoms with Crippen LogP contribution in [0.5, 0.6) is 5.75 Å². The molecule has 0 bridgehead atoms. The Morgan fingerprint density at radius 2 is 2.00 bits per heavy atom. The molecule has 1 N–H and O–H groups in total. The average molecular weight is 193 g/mol. The van der Waals surface area contributed by atoms with Crippen molar-refractivity contribution in [2.75, 3.05) is 7.11 Å². The first-order valence-electron chi connectivity index (χ1n) is 3.29. The van der Waals surface area contributed by atoms with Gasteiger partial charge >= 0.3 is 6.18 Å². The molecule has 13 heavy (non-hydrogen) atoms. The Labute approximate surface area is 71.2 Å². The smallest absolute Gasteiger partial charge is 0.431 e. The number of hydrogen-bond donors (Lipinski definition) is 1. The van der Waals surface area contributed by atoms with Gasteiger partial charge in [-0.25, -0.2) is 0 Å². The molecule has 0 unspecified atom stereocenters. The summed E-state index contributed by atoms with van der Waals surface area (Å²) in [6.07, 6.45) is -4.56. The SMILES string of the molecule is COc1cc(C(F)(F)F)[nH]c(=O)c1. The molecule has 1 heterocycles. The van der Waals surface area contributed by atoms with Crippen molar-refractivity contribution in [1.82, 2.24) is 4.98 Å². The maximum Gasteiger partial charge on any atom is 0.431 e. The summed E-state index contributed by atoms with van der Waals surface area (Å²) in [6, 6.07) is 1.66. The molecule has 0 saturated carbocycles. The van der Waals surface area contributed by atoms with Gasteiger partial charge in [0.25, 0.3) is 5.56 Å². The zero-order valence-corrected chi connectivity index (χ0v) is 6.61. The highest BCUT2D eigenvalue weighted by molar-refractivity contribution is 5.23. The van der Waals surface area contributed by atoms with Crippen molar-refractivity contribution in [3.05, 3.63) is 28.2 Å². The van der Waals surface area contributed by atoms with E-state index in [2.05, 4.69) is 4.74 Å². The third kappa shape index (κ3) is 2.24. The van der Waals surface area contributed by atoms with Gasteiger partial charge in [0.15, 0.2) is 0 Å². The molecule has 3 nitrogen and oxygen atoms in total. The van der Waals surface area contributed by atoms with Crippen LogP contribution < -0.4 is 10.3 Å². The summed E-state index contributed by atoms with van der Waals surface area (Å²) in [4.78, 5) is 12.3. The van der Waals surface area contributed by atoms with Gasteiger partial charge < -0.3 is 9.72 Å². The highest BCUT2D eigenvalue weighted by Crippen LogP contribution is 2.28. The molecule has 1 aromatic rings. The Kier molecular flexibility index (Phi) is 2.31. The zero-order chi connectivity index (χ0) is 10.1. The Hall–Kier alpha value is -1.46. The van der Waals surface area contributed by atoms with E-state index in [1.807, 2.05) is 0 Å². The lowest BCUT2D eigenvalue weighted by Gasteiger charge is -2.06. The molecule has 1 aromatic heterocycles. The Bertz CT molecular complexity index is 355. The molecule has 0 radical (unpaired) electrons. The summed E-state index contributed by atoms with van der Waals surface area (Å²) >= 11 is 0. The van der Waals surface area contributed by atoms with Gasteiger partial charge in [-0.2, -0.15) is 13.2 Å². The van der Waals surface area contributed by atoms with E-state index in [4.69, 9.17) is 0 Å². The van der Waals surface area contributed by atoms with Crippen LogP contribution >= 0.6 is 0 Å². The van der Waals surface area contributed by atoms with E-state index >= 15 is 0 Å². The molecule has 0 fully saturated rings. The molecular weight excluding hydrogens is 187 g/mol. The lowest BCUT2D eigenvalue weighted by Crippen LogP contribution is -2.15. The lowest BCUT2D eigenvalue weighted by atomic mass is 10.3. The van der Waals surface area contributed by atoms with Crippen molar-refractivity contribution in [2.45, 2.75) is 6.18 Å². The molecule has 0 atom stereocenters. The fraction of sp³-hybridized carbons (Fsp3) is 0.286. The van der Waals surface area contributed by atoms with Crippen molar-refractivity contribution in [3.8, 4) is 5.75 Å². The summed E-state index contributed by atoms with van der Waals surface area (Å²) in [6.45, 7) is 0. The van der Waals surface area contributed by atoms with Crippen LogP contribution in [-0.2, 0) is 6.18 Å². The van der Waals surface area contributed by atoms with Crippen LogP contribution in [0, 0.1) is 0 Å². The van der Waals surface area contributed by atoms with E-state index in [1.165, 1.54) is 7.11 Å². The zero-order valence-electron chi connectivity index (χ0n) is 6.61. The summed E-state index contributed by atoms with van der Waals surface area (Å²) in [5.41, 5.74) is -1.96. The number of H-pyrrole nitrogens is 1. The van der Waals surface area contributed by atoms with Crippen molar-refractivity contribution < 1.29 is 17.9 Å². The van der Waals surface area contributed by atoms with E-state index in [9.17, 15) is 18.0 Å². The third-order valence-electron chi connectivity index (χ3n) is 1.36. The van der Waals surface area contributed by atoms with Crippen LogP contribution in [0.4, 0.5) is 13.2 Å². The number of rotatable bonds is 1. The number of pyridine rings is 1. The van der Waals surface area contributed by atoms with Crippen molar-refractivity contribution in [2.24, 2.45) is 0 Å². The first kappa shape index (κ1) is 9.63. The van der Waals surface area contributed by atoms with Crippen LogP contribution in [0.25, 0.3) is 0 Å². The van der Waals surface area contributed by atoms with Crippen LogP contribution in [0.1, 0.15) is 5.69 Å². The molecule has 0 amide bonds. The maximum absolute atomic E-state index is 12.1. The fourth-order valence-electron chi connectivity index (χ4n) is 0.789. The molecule has 6 heteroatoms. The fourth-order valence-corrected chi connectivity index (χ4v) is 0.789. The molecule has 0 aliphatic heterocycles. The molecule has 1 rings (SSSR count). The van der Waals surface area contributed by atoms with E-state index in [0.717, 1.165) is 12.1 Å². The predicted octanol–water partition coefficient (Wildman–Crippen LogP) is 1.40. The largest absolute Gasteiger partial charge is 0.496 e. The highest BCUT2D eigenvalue weighted by Gasteiger charge is 2.32. The summed E-state index contributed by atoms with van der Waals surface area (Å²) < 4.78 is 40.7. The second-order valence-corrected chi connectivity index (χ2v) is 2.30. The molecule has 0 spiro atoms. The van der Waals surface area contributed by atoms with Crippen molar-refractivity contribution in [1.29, 1.82) is 0 Å². The normalized spacial score (nSPS) is 11.4. The van der Waals surface area contributed by atoms with Crippen LogP contribution in [0.3, 0.4) is 0 Å². The van der Waals surface area contributed by atoms with Crippen molar-refractivity contribution in [3.63, 3.8) is 0 Å². The summed E-state index contributed by atoms with van der Waals surface area (Å²) in [5.74, 6) is -0.115. The van der Waals surface area contributed by atoms with Gasteiger partial charge in [-0.15, -0.1) is 0 Å². The molecule has 0 aromatic carbocycles. The highest BCUT2D eigenvalue weighted by atomic mass is 19.4. The molecule has 0 aliphatic rings. The van der Waals surface area contributed by atoms with Crippen LogP contribution in [-0.4, -0.2) is 12.1 Å². The minimum atomic E-state index is -4.56. The predicted molar refractivity (Wildman–Crippen MR) is 38.6 cm³/mol. The first-order chi connectivity index (χ1) is 5.93. The second kappa shape index (κ2) is 3.12. The van der Waals surface area contributed by atoms with Crippen LogP contribution in [0.15, 0.2) is 16.9 Å². The number of alkyl halides is 3. The number of halogens is 3. The van der Waals surface area contributed by atoms with E-state index in [-0.39, 0.29) is 5.75 Å². The molecular formula is C7H6F3NO2. The summed E-state index contributed by atoms with van der Waals surface area (Å²) in [7, 11) is 1.19. The monoisotopic (exact) mass is 193 g/mol. The maximum atomic E-state index is 12.1. The van der Waals surface area contributed by atoms with Gasteiger partial charge in [-0.1, -0.05) is 0 Å². The van der Waals surface area contributed by atoms with Gasteiger partial charge in [-0.3, -0.25) is 4.79 Å². The van der Waals surface area contributed by atoms with Gasteiger partial charge in [0.2, 0.25) is 0 Å². The topological polar surface area (TPSA) is 42.1 Å². The van der Waals surface area contributed by atoms with Crippen LogP contribution in [0.2, 0.25) is 0 Å². The third-order valence-corrected chi connectivity index (χ3v) is 1.36. The molecule has 72 valence electrons. The molecule has 0 aliphatic carbocycles. The van der Waals surface area contributed by atoms with E-state index < -0.39 is 17.4 Å². The molecule has 0 saturated heterocycles. The Balaban J connectivity index is 3.24. The number of nitrogens with one attached hydrogen (secondary N) is 1. The van der Waals surface area contributed by atoms with Gasteiger partial charge in [0.1, 0.15) is 11.4 Å². The number of aromatic amines is 1. The lowest BCUT2D eigenvalue weighted by molar-refractivity contribution is -0.141. The Morgan fingerprint density at radius 3 is 2.46 bits per heavy atom. The van der Waals surface area contributed by atoms with Gasteiger partial charge in [-0.05, 0) is 0 Å². The number of aromatic nitrogens is 1. The van der Waals surface area contributed by atoms with Gasteiger partial charge in [0.05, 0.1) is 7.11 Å². The second-order valence-electron chi connectivity index (χ2n) is 2.30. The standard InChI is InChI=1S/C7H6F3NO2/c1-13-4-2-5(7(8,9)10)11-6(12)3-4/h2-3H,1H3,(H,11,12). The number of hydrogen-bond acceptors (Lipinski definition) is 2. The van der Waals surface area contributed by atoms with E-state index in [1.54, 1.807) is 4.98 Å². The quantitative estimate of drug-likeness (QED) is 0.732. The number of methoxy groups -OCH3 is 1. The average Bonchev–Trinajstić information content (AvgIpc) is 2.01. The Morgan fingerprint density at radius 1 is 1.38 bits per heavy atom.